The van der Waals surface area contributed by atoms with Crippen LogP contribution in [0, 0.1) is 0 Å². The van der Waals surface area contributed by atoms with Gasteiger partial charge in [-0.1, -0.05) is 34.1 Å². The number of primary amides is 1. The summed E-state index contributed by atoms with van der Waals surface area (Å²) in [5.74, 6) is -1.62. The lowest BCUT2D eigenvalue weighted by Crippen LogP contribution is -2.45. The SMILES string of the molecule is NC(=O)c1oc2ccc(Br)cc2c1NC(=O)[C@@H]1Cc2ccccc2N1C(=O)O. The van der Waals surface area contributed by atoms with Gasteiger partial charge in [-0.3, -0.25) is 14.5 Å². The van der Waals surface area contributed by atoms with Crippen molar-refractivity contribution in [3.05, 3.63) is 58.3 Å². The number of amides is 3. The van der Waals surface area contributed by atoms with Crippen LogP contribution in [0.5, 0.6) is 0 Å². The zero-order valence-corrected chi connectivity index (χ0v) is 15.9. The third kappa shape index (κ3) is 2.89. The van der Waals surface area contributed by atoms with E-state index in [-0.39, 0.29) is 17.9 Å². The fraction of sp³-hybridized carbons (Fsp3) is 0.105. The highest BCUT2D eigenvalue weighted by Gasteiger charge is 2.39. The van der Waals surface area contributed by atoms with Crippen LogP contribution in [0.2, 0.25) is 0 Å². The van der Waals surface area contributed by atoms with E-state index < -0.39 is 23.9 Å². The maximum atomic E-state index is 13.0. The van der Waals surface area contributed by atoms with E-state index in [9.17, 15) is 19.5 Å². The Kier molecular flexibility index (Phi) is 4.31. The second-order valence-corrected chi connectivity index (χ2v) is 7.22. The van der Waals surface area contributed by atoms with Crippen molar-refractivity contribution < 1.29 is 23.9 Å². The maximum absolute atomic E-state index is 13.0. The number of anilines is 2. The number of carbonyl (C=O) groups excluding carboxylic acids is 2. The summed E-state index contributed by atoms with van der Waals surface area (Å²) in [6.45, 7) is 0. The number of nitrogens with one attached hydrogen (secondary N) is 1. The number of benzene rings is 2. The van der Waals surface area contributed by atoms with Gasteiger partial charge in [-0.15, -0.1) is 0 Å². The van der Waals surface area contributed by atoms with E-state index in [1.54, 1.807) is 42.5 Å². The Labute approximate surface area is 167 Å². The third-order valence-electron chi connectivity index (χ3n) is 4.61. The molecule has 1 atom stereocenters. The highest BCUT2D eigenvalue weighted by molar-refractivity contribution is 9.10. The van der Waals surface area contributed by atoms with Crippen LogP contribution >= 0.6 is 15.9 Å². The molecule has 0 radical (unpaired) electrons. The topological polar surface area (TPSA) is 126 Å². The summed E-state index contributed by atoms with van der Waals surface area (Å²) in [6.07, 6.45) is -1.01. The normalized spacial score (nSPS) is 15.5. The van der Waals surface area contributed by atoms with Crippen LogP contribution in [0.4, 0.5) is 16.2 Å². The minimum atomic E-state index is -1.24. The van der Waals surface area contributed by atoms with Gasteiger partial charge >= 0.3 is 6.09 Å². The van der Waals surface area contributed by atoms with Gasteiger partial charge in [0.15, 0.2) is 0 Å². The molecule has 0 unspecified atom stereocenters. The van der Waals surface area contributed by atoms with E-state index in [4.69, 9.17) is 10.2 Å². The molecule has 28 heavy (non-hydrogen) atoms. The molecule has 2 aromatic carbocycles. The Hall–Kier alpha value is -3.33. The van der Waals surface area contributed by atoms with E-state index in [0.29, 0.717) is 21.1 Å². The van der Waals surface area contributed by atoms with Crippen molar-refractivity contribution in [3.8, 4) is 0 Å². The number of hydrogen-bond donors (Lipinski definition) is 3. The molecule has 4 N–H and O–H groups in total. The zero-order valence-electron chi connectivity index (χ0n) is 14.3. The van der Waals surface area contributed by atoms with E-state index in [0.717, 1.165) is 10.5 Å². The smallest absolute Gasteiger partial charge is 0.412 e. The number of furan rings is 1. The van der Waals surface area contributed by atoms with Gasteiger partial charge in [-0.25, -0.2) is 4.79 Å². The summed E-state index contributed by atoms with van der Waals surface area (Å²) in [5.41, 5.74) is 7.10. The molecular weight excluding hydrogens is 430 g/mol. The Morgan fingerprint density at radius 2 is 1.96 bits per heavy atom. The average Bonchev–Trinajstić information content (AvgIpc) is 3.20. The summed E-state index contributed by atoms with van der Waals surface area (Å²) in [5, 5.41) is 12.7. The van der Waals surface area contributed by atoms with Gasteiger partial charge < -0.3 is 20.6 Å². The van der Waals surface area contributed by atoms with Crippen molar-refractivity contribution in [2.75, 3.05) is 10.2 Å². The van der Waals surface area contributed by atoms with E-state index in [1.807, 2.05) is 0 Å². The third-order valence-corrected chi connectivity index (χ3v) is 5.10. The predicted molar refractivity (Wildman–Crippen MR) is 105 cm³/mol. The van der Waals surface area contributed by atoms with E-state index >= 15 is 0 Å². The Bertz CT molecular complexity index is 1140. The molecule has 1 aliphatic rings. The van der Waals surface area contributed by atoms with Gasteiger partial charge in [-0.2, -0.15) is 0 Å². The van der Waals surface area contributed by atoms with Crippen molar-refractivity contribution in [2.24, 2.45) is 5.73 Å². The number of para-hydroxylation sites is 1. The average molecular weight is 444 g/mol. The van der Waals surface area contributed by atoms with Gasteiger partial charge in [0.25, 0.3) is 5.91 Å². The second-order valence-electron chi connectivity index (χ2n) is 6.30. The van der Waals surface area contributed by atoms with Crippen molar-refractivity contribution in [1.82, 2.24) is 0 Å². The highest BCUT2D eigenvalue weighted by Crippen LogP contribution is 2.35. The number of rotatable bonds is 3. The number of halogens is 1. The van der Waals surface area contributed by atoms with Gasteiger partial charge in [-0.05, 0) is 29.8 Å². The first-order valence-corrected chi connectivity index (χ1v) is 9.09. The number of carboxylic acid groups (broad SMARTS) is 1. The summed E-state index contributed by atoms with van der Waals surface area (Å²) in [6, 6.07) is 11.0. The molecule has 0 saturated carbocycles. The second kappa shape index (κ2) is 6.68. The lowest BCUT2D eigenvalue weighted by molar-refractivity contribution is -0.117. The molecule has 8 nitrogen and oxygen atoms in total. The van der Waals surface area contributed by atoms with Crippen molar-refractivity contribution >= 4 is 56.2 Å². The first-order chi connectivity index (χ1) is 13.4. The van der Waals surface area contributed by atoms with Crippen LogP contribution < -0.4 is 16.0 Å². The molecule has 0 aliphatic carbocycles. The molecular formula is C19H14BrN3O5. The quantitative estimate of drug-likeness (QED) is 0.571. The molecule has 4 rings (SSSR count). The van der Waals surface area contributed by atoms with Crippen molar-refractivity contribution in [1.29, 1.82) is 0 Å². The first kappa shape index (κ1) is 18.1. The number of nitrogens with zero attached hydrogens (tertiary/aromatic N) is 1. The summed E-state index contributed by atoms with van der Waals surface area (Å²) in [4.78, 5) is 37.6. The number of fused-ring (bicyclic) bond motifs is 2. The molecule has 9 heteroatoms. The lowest BCUT2D eigenvalue weighted by Gasteiger charge is -2.21. The van der Waals surface area contributed by atoms with Crippen LogP contribution in [0.1, 0.15) is 16.1 Å². The molecule has 1 aliphatic heterocycles. The Morgan fingerprint density at radius 3 is 2.68 bits per heavy atom. The van der Waals surface area contributed by atoms with Crippen LogP contribution in [-0.2, 0) is 11.2 Å². The molecule has 1 aromatic heterocycles. The van der Waals surface area contributed by atoms with E-state index in [1.165, 1.54) is 0 Å². The van der Waals surface area contributed by atoms with Crippen molar-refractivity contribution in [2.45, 2.75) is 12.5 Å². The molecule has 142 valence electrons. The fourth-order valence-electron chi connectivity index (χ4n) is 3.41. The molecule has 0 bridgehead atoms. The largest absolute Gasteiger partial charge is 0.465 e. The molecule has 0 spiro atoms. The van der Waals surface area contributed by atoms with Gasteiger partial charge in [0.1, 0.15) is 17.3 Å². The van der Waals surface area contributed by atoms with Gasteiger partial charge in [0, 0.05) is 16.3 Å². The lowest BCUT2D eigenvalue weighted by atomic mass is 10.1. The highest BCUT2D eigenvalue weighted by atomic mass is 79.9. The molecule has 2 heterocycles. The predicted octanol–water partition coefficient (Wildman–Crippen LogP) is 3.34. The fourth-order valence-corrected chi connectivity index (χ4v) is 3.77. The summed E-state index contributed by atoms with van der Waals surface area (Å²) < 4.78 is 6.19. The van der Waals surface area contributed by atoms with Crippen LogP contribution in [-0.4, -0.2) is 29.1 Å². The van der Waals surface area contributed by atoms with Gasteiger partial charge in [0.05, 0.1) is 5.69 Å². The summed E-state index contributed by atoms with van der Waals surface area (Å²) >= 11 is 3.34. The molecule has 3 aromatic rings. The first-order valence-electron chi connectivity index (χ1n) is 8.29. The maximum Gasteiger partial charge on any atom is 0.412 e. The monoisotopic (exact) mass is 443 g/mol. The zero-order chi connectivity index (χ0) is 20.0. The van der Waals surface area contributed by atoms with Crippen LogP contribution in [0.15, 0.2) is 51.4 Å². The molecule has 0 fully saturated rings. The van der Waals surface area contributed by atoms with Crippen LogP contribution in [0.25, 0.3) is 11.0 Å². The van der Waals surface area contributed by atoms with Crippen molar-refractivity contribution in [3.63, 3.8) is 0 Å². The standard InChI is InChI=1S/C19H14BrN3O5/c20-10-5-6-14-11(8-10)15(16(28-14)17(21)24)22-18(25)13-7-9-3-1-2-4-12(9)23(13)19(26)27/h1-6,8,13H,7H2,(H2,21,24)(H,22,25)(H,26,27)/t13-/m0/s1. The minimum Gasteiger partial charge on any atom is -0.465 e. The van der Waals surface area contributed by atoms with Crippen LogP contribution in [0.3, 0.4) is 0 Å². The molecule has 3 amide bonds. The Balaban J connectivity index is 1.73. The van der Waals surface area contributed by atoms with E-state index in [2.05, 4.69) is 21.2 Å². The number of nitrogens with two attached hydrogens (primary N) is 1. The number of hydrogen-bond acceptors (Lipinski definition) is 4. The van der Waals surface area contributed by atoms with Gasteiger partial charge in [0.2, 0.25) is 11.7 Å². The minimum absolute atomic E-state index is 0.120. The Morgan fingerprint density at radius 1 is 1.21 bits per heavy atom. The summed E-state index contributed by atoms with van der Waals surface area (Å²) in [7, 11) is 0. The number of carbonyl (C=O) groups is 3. The molecule has 0 saturated heterocycles.